The van der Waals surface area contributed by atoms with Gasteiger partial charge < -0.3 is 14.6 Å². The molecule has 30 heavy (non-hydrogen) atoms. The van der Waals surface area contributed by atoms with Gasteiger partial charge in [-0.15, -0.1) is 0 Å². The zero-order valence-corrected chi connectivity index (χ0v) is 19.1. The van der Waals surface area contributed by atoms with Gasteiger partial charge in [0, 0.05) is 32.9 Å². The normalized spacial score (nSPS) is 16.2. The molecule has 1 aliphatic heterocycles. The van der Waals surface area contributed by atoms with Crippen molar-refractivity contribution in [2.75, 3.05) is 19.7 Å². The largest absolute Gasteiger partial charge is 0.416 e. The number of hydrogen-bond acceptors (Lipinski definition) is 3. The van der Waals surface area contributed by atoms with E-state index in [4.69, 9.17) is 9.72 Å². The molecule has 1 saturated heterocycles. The first-order valence-electron chi connectivity index (χ1n) is 10.6. The minimum absolute atomic E-state index is 0.386. The van der Waals surface area contributed by atoms with E-state index in [1.165, 1.54) is 12.1 Å². The molecular formula is C22H32F3N3OSi. The highest BCUT2D eigenvalue weighted by molar-refractivity contribution is 6.76. The molecule has 0 amide bonds. The van der Waals surface area contributed by atoms with Crippen molar-refractivity contribution in [3.63, 3.8) is 0 Å². The van der Waals surface area contributed by atoms with E-state index in [9.17, 15) is 13.2 Å². The molecule has 1 aliphatic rings. The number of halogens is 3. The van der Waals surface area contributed by atoms with Crippen LogP contribution < -0.4 is 5.32 Å². The van der Waals surface area contributed by atoms with Crippen LogP contribution in [0, 0.1) is 5.92 Å². The number of alkyl halides is 3. The monoisotopic (exact) mass is 439 g/mol. The molecule has 8 heteroatoms. The van der Waals surface area contributed by atoms with Crippen LogP contribution >= 0.6 is 0 Å². The van der Waals surface area contributed by atoms with Crippen LogP contribution in [-0.2, 0) is 24.1 Å². The molecule has 4 nitrogen and oxygen atoms in total. The van der Waals surface area contributed by atoms with Crippen molar-refractivity contribution in [3.05, 3.63) is 41.9 Å². The van der Waals surface area contributed by atoms with Crippen molar-refractivity contribution in [2.45, 2.75) is 57.9 Å². The summed E-state index contributed by atoms with van der Waals surface area (Å²) in [7, 11) is -1.18. The Morgan fingerprint density at radius 3 is 2.60 bits per heavy atom. The summed E-state index contributed by atoms with van der Waals surface area (Å²) in [4.78, 5) is 4.73. The van der Waals surface area contributed by atoms with Crippen molar-refractivity contribution >= 4 is 8.07 Å². The summed E-state index contributed by atoms with van der Waals surface area (Å²) in [6.07, 6.45) is 0.458. The van der Waals surface area contributed by atoms with Gasteiger partial charge in [0.2, 0.25) is 0 Å². The third kappa shape index (κ3) is 6.68. The number of rotatable bonds is 8. The number of nitrogens with zero attached hydrogens (tertiary/aromatic N) is 2. The molecule has 166 valence electrons. The summed E-state index contributed by atoms with van der Waals surface area (Å²) in [6, 6.07) is 6.46. The Morgan fingerprint density at radius 2 is 1.93 bits per heavy atom. The Bertz CT molecular complexity index is 824. The van der Waals surface area contributed by atoms with E-state index in [1.54, 1.807) is 6.07 Å². The van der Waals surface area contributed by atoms with Crippen LogP contribution in [0.4, 0.5) is 13.2 Å². The lowest BCUT2D eigenvalue weighted by Crippen LogP contribution is -2.29. The lowest BCUT2D eigenvalue weighted by atomic mass is 9.94. The van der Waals surface area contributed by atoms with Crippen LogP contribution in [0.1, 0.15) is 24.2 Å². The third-order valence-corrected chi connectivity index (χ3v) is 7.21. The smallest absolute Gasteiger partial charge is 0.361 e. The molecule has 1 fully saturated rings. The van der Waals surface area contributed by atoms with Gasteiger partial charge >= 0.3 is 6.18 Å². The minimum atomic E-state index is -4.36. The summed E-state index contributed by atoms with van der Waals surface area (Å²) in [6.45, 7) is 10.00. The Hall–Kier alpha value is -1.64. The number of aromatic nitrogens is 2. The van der Waals surface area contributed by atoms with Gasteiger partial charge in [-0.05, 0) is 50.0 Å². The number of hydrogen-bond donors (Lipinski definition) is 1. The molecule has 2 heterocycles. The molecule has 1 N–H and O–H groups in total. The molecule has 2 aromatic rings. The van der Waals surface area contributed by atoms with E-state index in [0.717, 1.165) is 50.3 Å². The number of imidazole rings is 1. The molecule has 0 spiro atoms. The zero-order chi connectivity index (χ0) is 21.8. The van der Waals surface area contributed by atoms with Crippen LogP contribution in [0.25, 0.3) is 11.3 Å². The molecular weight excluding hydrogens is 407 g/mol. The van der Waals surface area contributed by atoms with E-state index >= 15 is 0 Å². The van der Waals surface area contributed by atoms with Gasteiger partial charge in [-0.1, -0.05) is 31.8 Å². The zero-order valence-electron chi connectivity index (χ0n) is 18.1. The molecule has 0 radical (unpaired) electrons. The second-order valence-corrected chi connectivity index (χ2v) is 15.0. The number of nitrogens with one attached hydrogen (secondary N) is 1. The Morgan fingerprint density at radius 1 is 1.20 bits per heavy atom. The van der Waals surface area contributed by atoms with Gasteiger partial charge in [0.1, 0.15) is 12.6 Å². The van der Waals surface area contributed by atoms with Gasteiger partial charge in [-0.2, -0.15) is 13.2 Å². The van der Waals surface area contributed by atoms with E-state index < -0.39 is 19.8 Å². The molecule has 0 bridgehead atoms. The van der Waals surface area contributed by atoms with E-state index in [2.05, 4.69) is 25.0 Å². The van der Waals surface area contributed by atoms with Crippen LogP contribution in [0.3, 0.4) is 0 Å². The highest BCUT2D eigenvalue weighted by atomic mass is 28.3. The van der Waals surface area contributed by atoms with Gasteiger partial charge in [0.05, 0.1) is 11.3 Å². The number of ether oxygens (including phenoxy) is 1. The molecule has 0 unspecified atom stereocenters. The third-order valence-electron chi connectivity index (χ3n) is 5.50. The van der Waals surface area contributed by atoms with Crippen molar-refractivity contribution < 1.29 is 17.9 Å². The highest BCUT2D eigenvalue weighted by Gasteiger charge is 2.30. The maximum absolute atomic E-state index is 13.1. The first kappa shape index (κ1) is 23.0. The minimum Gasteiger partial charge on any atom is -0.361 e. The maximum atomic E-state index is 13.1. The first-order chi connectivity index (χ1) is 14.1. The van der Waals surface area contributed by atoms with Crippen molar-refractivity contribution in [2.24, 2.45) is 5.92 Å². The van der Waals surface area contributed by atoms with Crippen LogP contribution in [0.5, 0.6) is 0 Å². The average molecular weight is 440 g/mol. The van der Waals surface area contributed by atoms with Crippen LogP contribution in [0.15, 0.2) is 30.5 Å². The summed E-state index contributed by atoms with van der Waals surface area (Å²) in [5.41, 5.74) is 0.400. The van der Waals surface area contributed by atoms with Crippen molar-refractivity contribution in [1.82, 2.24) is 14.9 Å². The molecule has 0 atom stereocenters. The predicted molar refractivity (Wildman–Crippen MR) is 116 cm³/mol. The van der Waals surface area contributed by atoms with E-state index in [-0.39, 0.29) is 0 Å². The topological polar surface area (TPSA) is 39.1 Å². The standard InChI is InChI=1S/C22H32F3N3OSi/c1-30(2,3)12-11-29-16-28-15-20(18-5-4-6-19(14-18)22(23,24)25)27-21(28)13-17-7-9-26-10-8-17/h4-6,14-15,17,26H,7-13,16H2,1-3H3. The van der Waals surface area contributed by atoms with Crippen LogP contribution in [0.2, 0.25) is 25.7 Å². The number of benzene rings is 1. The fourth-order valence-corrected chi connectivity index (χ4v) is 4.36. The fraction of sp³-hybridized carbons (Fsp3) is 0.591. The Labute approximate surface area is 177 Å². The molecule has 0 aliphatic carbocycles. The summed E-state index contributed by atoms with van der Waals surface area (Å²) in [5, 5.41) is 3.37. The van der Waals surface area contributed by atoms with Crippen molar-refractivity contribution in [3.8, 4) is 11.3 Å². The Kier molecular flexibility index (Phi) is 7.41. The summed E-state index contributed by atoms with van der Waals surface area (Å²) in [5.74, 6) is 1.42. The quantitative estimate of drug-likeness (QED) is 0.441. The van der Waals surface area contributed by atoms with Gasteiger partial charge in [-0.25, -0.2) is 4.98 Å². The van der Waals surface area contributed by atoms with Crippen molar-refractivity contribution in [1.29, 1.82) is 0 Å². The second kappa shape index (κ2) is 9.66. The second-order valence-electron chi connectivity index (χ2n) is 9.34. The molecule has 0 saturated carbocycles. The average Bonchev–Trinajstić information content (AvgIpc) is 3.07. The number of piperidine rings is 1. The maximum Gasteiger partial charge on any atom is 0.416 e. The molecule has 3 rings (SSSR count). The Balaban J connectivity index is 1.80. The predicted octanol–water partition coefficient (Wildman–Crippen LogP) is 5.42. The highest BCUT2D eigenvalue weighted by Crippen LogP contribution is 2.32. The van der Waals surface area contributed by atoms with Gasteiger partial charge in [-0.3, -0.25) is 0 Å². The van der Waals surface area contributed by atoms with Gasteiger partial charge in [0.15, 0.2) is 0 Å². The lowest BCUT2D eigenvalue weighted by molar-refractivity contribution is -0.137. The summed E-state index contributed by atoms with van der Waals surface area (Å²) < 4.78 is 47.3. The van der Waals surface area contributed by atoms with Gasteiger partial charge in [0.25, 0.3) is 0 Å². The van der Waals surface area contributed by atoms with E-state index in [1.807, 2.05) is 10.8 Å². The molecule has 1 aromatic carbocycles. The SMILES string of the molecule is C[Si](C)(C)CCOCn1cc(-c2cccc(C(F)(F)F)c2)nc1CC1CCNCC1. The first-order valence-corrected chi connectivity index (χ1v) is 14.3. The summed E-state index contributed by atoms with van der Waals surface area (Å²) >= 11 is 0. The lowest BCUT2D eigenvalue weighted by Gasteiger charge is -2.22. The molecule has 1 aromatic heterocycles. The fourth-order valence-electron chi connectivity index (χ4n) is 3.61. The van der Waals surface area contributed by atoms with Crippen LogP contribution in [-0.4, -0.2) is 37.3 Å². The van der Waals surface area contributed by atoms with E-state index in [0.29, 0.717) is 30.5 Å².